The zero-order chi connectivity index (χ0) is 19.1. The minimum atomic E-state index is -0.605. The first-order valence-corrected chi connectivity index (χ1v) is 9.06. The summed E-state index contributed by atoms with van der Waals surface area (Å²) in [5.74, 6) is -0.259. The molecule has 0 aromatic heterocycles. The summed E-state index contributed by atoms with van der Waals surface area (Å²) in [5, 5.41) is 14.4. The lowest BCUT2D eigenvalue weighted by molar-refractivity contribution is 0.00921. The average Bonchev–Trinajstić information content (AvgIpc) is 3.13. The maximum Gasteiger partial charge on any atom is 0.145 e. The monoisotopic (exact) mass is 372 g/mol. The van der Waals surface area contributed by atoms with Gasteiger partial charge in [0.1, 0.15) is 11.9 Å². The van der Waals surface area contributed by atoms with E-state index in [0.717, 1.165) is 16.8 Å². The van der Waals surface area contributed by atoms with Gasteiger partial charge in [0.25, 0.3) is 0 Å². The summed E-state index contributed by atoms with van der Waals surface area (Å²) in [6.07, 6.45) is 0.0198. The topological polar surface area (TPSA) is 54.3 Å². The molecule has 144 valence electrons. The number of ether oxygens (including phenoxy) is 1. The first kappa shape index (κ1) is 19.5. The SMILES string of the molecule is COC[C@@H](O)CN(Cc1ccc(F)cc1)C[C@@H]1CC(c2ccccc2)=NO1. The smallest absolute Gasteiger partial charge is 0.145 e. The van der Waals surface area contributed by atoms with Gasteiger partial charge in [0.2, 0.25) is 0 Å². The molecule has 0 saturated heterocycles. The third kappa shape index (κ3) is 5.85. The number of hydrogen-bond donors (Lipinski definition) is 1. The van der Waals surface area contributed by atoms with Crippen molar-refractivity contribution >= 4 is 5.71 Å². The number of rotatable bonds is 9. The predicted octanol–water partition coefficient (Wildman–Crippen LogP) is 2.83. The van der Waals surface area contributed by atoms with Crippen molar-refractivity contribution in [2.24, 2.45) is 5.16 Å². The highest BCUT2D eigenvalue weighted by atomic mass is 19.1. The molecule has 1 heterocycles. The summed E-state index contributed by atoms with van der Waals surface area (Å²) in [7, 11) is 1.56. The molecule has 5 nitrogen and oxygen atoms in total. The van der Waals surface area contributed by atoms with Crippen molar-refractivity contribution in [1.29, 1.82) is 0 Å². The maximum atomic E-state index is 13.2. The van der Waals surface area contributed by atoms with Crippen LogP contribution in [0.5, 0.6) is 0 Å². The first-order valence-electron chi connectivity index (χ1n) is 9.06. The van der Waals surface area contributed by atoms with Gasteiger partial charge in [-0.15, -0.1) is 0 Å². The summed E-state index contributed by atoms with van der Waals surface area (Å²) < 4.78 is 18.2. The molecule has 2 aromatic carbocycles. The largest absolute Gasteiger partial charge is 0.390 e. The zero-order valence-electron chi connectivity index (χ0n) is 15.4. The van der Waals surface area contributed by atoms with Crippen LogP contribution in [0.2, 0.25) is 0 Å². The van der Waals surface area contributed by atoms with E-state index in [1.807, 2.05) is 30.3 Å². The number of nitrogens with zero attached hydrogens (tertiary/aromatic N) is 2. The van der Waals surface area contributed by atoms with Crippen LogP contribution in [0, 0.1) is 5.82 Å². The van der Waals surface area contributed by atoms with Gasteiger partial charge < -0.3 is 14.7 Å². The maximum absolute atomic E-state index is 13.2. The fourth-order valence-corrected chi connectivity index (χ4v) is 3.21. The molecule has 0 spiro atoms. The van der Waals surface area contributed by atoms with E-state index in [1.54, 1.807) is 19.2 Å². The molecule has 1 aliphatic rings. The Hall–Kier alpha value is -2.28. The van der Waals surface area contributed by atoms with Crippen LogP contribution in [-0.4, -0.2) is 54.7 Å². The van der Waals surface area contributed by atoms with E-state index < -0.39 is 6.10 Å². The summed E-state index contributed by atoms with van der Waals surface area (Å²) >= 11 is 0. The van der Waals surface area contributed by atoms with Gasteiger partial charge in [-0.25, -0.2) is 4.39 Å². The minimum Gasteiger partial charge on any atom is -0.390 e. The van der Waals surface area contributed by atoms with Crippen LogP contribution in [0.3, 0.4) is 0 Å². The molecule has 6 heteroatoms. The molecule has 3 rings (SSSR count). The van der Waals surface area contributed by atoms with Gasteiger partial charge in [-0.05, 0) is 23.3 Å². The molecular weight excluding hydrogens is 347 g/mol. The quantitative estimate of drug-likeness (QED) is 0.735. The van der Waals surface area contributed by atoms with Crippen LogP contribution in [-0.2, 0) is 16.1 Å². The Morgan fingerprint density at radius 2 is 1.96 bits per heavy atom. The molecule has 0 radical (unpaired) electrons. The number of methoxy groups -OCH3 is 1. The number of aliphatic hydroxyl groups is 1. The summed E-state index contributed by atoms with van der Waals surface area (Å²) in [6.45, 7) is 1.89. The van der Waals surface area contributed by atoms with Gasteiger partial charge in [0.05, 0.1) is 18.4 Å². The number of aliphatic hydroxyl groups excluding tert-OH is 1. The van der Waals surface area contributed by atoms with Crippen LogP contribution in [0.15, 0.2) is 59.8 Å². The van der Waals surface area contributed by atoms with Crippen LogP contribution in [0.4, 0.5) is 4.39 Å². The van der Waals surface area contributed by atoms with Crippen LogP contribution in [0.1, 0.15) is 17.5 Å². The van der Waals surface area contributed by atoms with Gasteiger partial charge in [-0.2, -0.15) is 0 Å². The number of benzene rings is 2. The second-order valence-corrected chi connectivity index (χ2v) is 6.77. The molecule has 27 heavy (non-hydrogen) atoms. The second-order valence-electron chi connectivity index (χ2n) is 6.77. The van der Waals surface area contributed by atoms with Gasteiger partial charge in [0, 0.05) is 33.2 Å². The molecule has 0 fully saturated rings. The normalized spacial score (nSPS) is 17.6. The Morgan fingerprint density at radius 3 is 2.67 bits per heavy atom. The highest BCUT2D eigenvalue weighted by molar-refractivity contribution is 6.01. The number of hydrogen-bond acceptors (Lipinski definition) is 5. The van der Waals surface area contributed by atoms with E-state index in [9.17, 15) is 9.50 Å². The van der Waals surface area contributed by atoms with Crippen molar-refractivity contribution in [2.75, 3.05) is 26.8 Å². The molecule has 0 unspecified atom stereocenters. The molecule has 0 amide bonds. The zero-order valence-corrected chi connectivity index (χ0v) is 15.4. The van der Waals surface area contributed by atoms with E-state index in [1.165, 1.54) is 12.1 Å². The predicted molar refractivity (Wildman–Crippen MR) is 102 cm³/mol. The van der Waals surface area contributed by atoms with Crippen LogP contribution >= 0.6 is 0 Å². The standard InChI is InChI=1S/C21H25FN2O3/c1-26-15-19(25)13-24(12-16-7-9-18(22)10-8-16)14-20-11-21(23-27-20)17-5-3-2-4-6-17/h2-10,19-20,25H,11-15H2,1H3/t19-,20-/m0/s1. The molecule has 1 N–H and O–H groups in total. The number of halogens is 1. The highest BCUT2D eigenvalue weighted by Gasteiger charge is 2.25. The Labute approximate surface area is 159 Å². The van der Waals surface area contributed by atoms with Crippen molar-refractivity contribution in [2.45, 2.75) is 25.2 Å². The van der Waals surface area contributed by atoms with Crippen molar-refractivity contribution in [3.05, 3.63) is 71.5 Å². The van der Waals surface area contributed by atoms with E-state index in [0.29, 0.717) is 26.1 Å². The summed E-state index contributed by atoms with van der Waals surface area (Å²) in [6, 6.07) is 16.4. The lowest BCUT2D eigenvalue weighted by Crippen LogP contribution is -2.39. The van der Waals surface area contributed by atoms with Crippen molar-refractivity contribution in [3.8, 4) is 0 Å². The molecular formula is C21H25FN2O3. The van der Waals surface area contributed by atoms with Crippen LogP contribution in [0.25, 0.3) is 0 Å². The van der Waals surface area contributed by atoms with Crippen molar-refractivity contribution < 1.29 is 19.1 Å². The van der Waals surface area contributed by atoms with E-state index in [2.05, 4.69) is 10.1 Å². The molecule has 2 atom stereocenters. The fourth-order valence-electron chi connectivity index (χ4n) is 3.21. The van der Waals surface area contributed by atoms with E-state index >= 15 is 0 Å². The lowest BCUT2D eigenvalue weighted by atomic mass is 10.0. The third-order valence-electron chi connectivity index (χ3n) is 4.45. The summed E-state index contributed by atoms with van der Waals surface area (Å²) in [4.78, 5) is 7.71. The van der Waals surface area contributed by atoms with Gasteiger partial charge in [-0.3, -0.25) is 4.90 Å². The van der Waals surface area contributed by atoms with Crippen LogP contribution < -0.4 is 0 Å². The van der Waals surface area contributed by atoms with Gasteiger partial charge >= 0.3 is 0 Å². The number of oxime groups is 1. The molecule has 2 aromatic rings. The Kier molecular flexibility index (Phi) is 6.92. The van der Waals surface area contributed by atoms with E-state index in [-0.39, 0.29) is 18.5 Å². The van der Waals surface area contributed by atoms with Gasteiger partial charge in [-0.1, -0.05) is 47.6 Å². The van der Waals surface area contributed by atoms with E-state index in [4.69, 9.17) is 9.57 Å². The molecule has 0 bridgehead atoms. The molecule has 1 aliphatic heterocycles. The lowest BCUT2D eigenvalue weighted by Gasteiger charge is -2.26. The van der Waals surface area contributed by atoms with Gasteiger partial charge in [0.15, 0.2) is 0 Å². The Bertz CT molecular complexity index is 737. The molecule has 0 saturated carbocycles. The Morgan fingerprint density at radius 1 is 1.22 bits per heavy atom. The third-order valence-corrected chi connectivity index (χ3v) is 4.45. The van der Waals surface area contributed by atoms with Crippen molar-refractivity contribution in [3.63, 3.8) is 0 Å². The minimum absolute atomic E-state index is 0.0876. The molecule has 0 aliphatic carbocycles. The first-order chi connectivity index (χ1) is 13.1. The summed E-state index contributed by atoms with van der Waals surface area (Å²) in [5.41, 5.74) is 2.97. The second kappa shape index (κ2) is 9.60. The average molecular weight is 372 g/mol. The fraction of sp³-hybridized carbons (Fsp3) is 0.381. The highest BCUT2D eigenvalue weighted by Crippen LogP contribution is 2.19. The Balaban J connectivity index is 1.61. The van der Waals surface area contributed by atoms with Crippen molar-refractivity contribution in [1.82, 2.24) is 4.90 Å².